The highest BCUT2D eigenvalue weighted by Gasteiger charge is 2.48. The highest BCUT2D eigenvalue weighted by Crippen LogP contribution is 2.46. The SMILES string of the molecule is CCCC(=O)N1CC(CO)C2(CCN(c3ccc(C#N)c(C(F)(F)F)c3)CC2)C1. The van der Waals surface area contributed by atoms with Gasteiger partial charge >= 0.3 is 6.18 Å². The van der Waals surface area contributed by atoms with Gasteiger partial charge in [-0.2, -0.15) is 18.4 Å². The van der Waals surface area contributed by atoms with Gasteiger partial charge in [0, 0.05) is 50.8 Å². The Bertz CT molecular complexity index is 795. The zero-order valence-electron chi connectivity index (χ0n) is 16.5. The molecule has 1 aromatic carbocycles. The summed E-state index contributed by atoms with van der Waals surface area (Å²) in [6.07, 6.45) is -1.90. The molecule has 1 aromatic rings. The fourth-order valence-electron chi connectivity index (χ4n) is 4.68. The second-order valence-electron chi connectivity index (χ2n) is 8.09. The summed E-state index contributed by atoms with van der Waals surface area (Å²) in [5, 5.41) is 18.8. The van der Waals surface area contributed by atoms with Crippen molar-refractivity contribution < 1.29 is 23.1 Å². The Morgan fingerprint density at radius 2 is 2.03 bits per heavy atom. The monoisotopic (exact) mass is 409 g/mol. The van der Waals surface area contributed by atoms with Gasteiger partial charge in [-0.15, -0.1) is 0 Å². The molecule has 2 heterocycles. The van der Waals surface area contributed by atoms with Crippen LogP contribution in [0.2, 0.25) is 0 Å². The molecule has 0 bridgehead atoms. The topological polar surface area (TPSA) is 67.6 Å². The van der Waals surface area contributed by atoms with Gasteiger partial charge in [0.1, 0.15) is 0 Å². The van der Waals surface area contributed by atoms with Gasteiger partial charge in [0.25, 0.3) is 0 Å². The molecule has 0 radical (unpaired) electrons. The molecule has 158 valence electrons. The number of halogens is 3. The van der Waals surface area contributed by atoms with E-state index in [1.807, 2.05) is 16.7 Å². The van der Waals surface area contributed by atoms with Crippen molar-refractivity contribution in [3.8, 4) is 6.07 Å². The standard InChI is InChI=1S/C21H26F3N3O2/c1-2-3-19(29)27-12-16(13-28)20(14-27)6-8-26(9-7-20)17-5-4-15(11-25)18(10-17)21(22,23)24/h4-5,10,16,28H,2-3,6-9,12-14H2,1H3. The van der Waals surface area contributed by atoms with E-state index in [0.717, 1.165) is 12.5 Å². The van der Waals surface area contributed by atoms with Crippen molar-refractivity contribution in [2.75, 3.05) is 37.7 Å². The van der Waals surface area contributed by atoms with Crippen LogP contribution in [0.3, 0.4) is 0 Å². The number of nitriles is 1. The molecule has 1 atom stereocenters. The van der Waals surface area contributed by atoms with E-state index in [4.69, 9.17) is 5.26 Å². The van der Waals surface area contributed by atoms with Crippen LogP contribution in [-0.4, -0.2) is 48.7 Å². The number of piperidine rings is 1. The van der Waals surface area contributed by atoms with E-state index in [9.17, 15) is 23.1 Å². The Balaban J connectivity index is 1.75. The third kappa shape index (κ3) is 4.20. The fraction of sp³-hybridized carbons (Fsp3) is 0.619. The van der Waals surface area contributed by atoms with Crippen LogP contribution in [0.15, 0.2) is 18.2 Å². The van der Waals surface area contributed by atoms with Crippen molar-refractivity contribution in [2.24, 2.45) is 11.3 Å². The van der Waals surface area contributed by atoms with E-state index >= 15 is 0 Å². The zero-order chi connectivity index (χ0) is 21.2. The van der Waals surface area contributed by atoms with Gasteiger partial charge in [-0.3, -0.25) is 4.79 Å². The Hall–Kier alpha value is -2.27. The van der Waals surface area contributed by atoms with Crippen molar-refractivity contribution in [1.29, 1.82) is 5.26 Å². The molecular weight excluding hydrogens is 383 g/mol. The highest BCUT2D eigenvalue weighted by molar-refractivity contribution is 5.76. The Morgan fingerprint density at radius 1 is 1.34 bits per heavy atom. The van der Waals surface area contributed by atoms with Crippen LogP contribution in [0, 0.1) is 22.7 Å². The van der Waals surface area contributed by atoms with Gasteiger partial charge in [-0.25, -0.2) is 0 Å². The lowest BCUT2D eigenvalue weighted by Gasteiger charge is -2.43. The van der Waals surface area contributed by atoms with Crippen LogP contribution in [-0.2, 0) is 11.0 Å². The molecular formula is C21H26F3N3O2. The maximum absolute atomic E-state index is 13.3. The second kappa shape index (κ2) is 8.23. The minimum absolute atomic E-state index is 0.00263. The van der Waals surface area contributed by atoms with E-state index in [1.165, 1.54) is 6.07 Å². The number of aliphatic hydroxyl groups excluding tert-OH is 1. The summed E-state index contributed by atoms with van der Waals surface area (Å²) in [5.74, 6) is 0.101. The number of anilines is 1. The maximum Gasteiger partial charge on any atom is 0.417 e. The van der Waals surface area contributed by atoms with Crippen molar-refractivity contribution in [2.45, 2.75) is 38.8 Å². The summed E-state index contributed by atoms with van der Waals surface area (Å²) in [6, 6.07) is 5.43. The van der Waals surface area contributed by atoms with Crippen LogP contribution in [0.1, 0.15) is 43.7 Å². The molecule has 1 unspecified atom stereocenters. The van der Waals surface area contributed by atoms with E-state index in [2.05, 4.69) is 0 Å². The number of benzene rings is 1. The maximum atomic E-state index is 13.3. The molecule has 2 saturated heterocycles. The average molecular weight is 409 g/mol. The second-order valence-corrected chi connectivity index (χ2v) is 8.09. The molecule has 0 aliphatic carbocycles. The van der Waals surface area contributed by atoms with E-state index in [0.29, 0.717) is 51.1 Å². The molecule has 1 N–H and O–H groups in total. The molecule has 1 spiro atoms. The van der Waals surface area contributed by atoms with E-state index in [-0.39, 0.29) is 29.4 Å². The van der Waals surface area contributed by atoms with Gasteiger partial charge in [0.2, 0.25) is 5.91 Å². The summed E-state index contributed by atoms with van der Waals surface area (Å²) in [6.45, 7) is 4.21. The molecule has 5 nitrogen and oxygen atoms in total. The van der Waals surface area contributed by atoms with Crippen molar-refractivity contribution in [3.63, 3.8) is 0 Å². The number of carbonyl (C=O) groups is 1. The molecule has 0 aromatic heterocycles. The Labute approximate surface area is 168 Å². The molecule has 2 fully saturated rings. The van der Waals surface area contributed by atoms with Gasteiger partial charge in [-0.05, 0) is 42.9 Å². The lowest BCUT2D eigenvalue weighted by molar-refractivity contribution is -0.137. The molecule has 2 aliphatic heterocycles. The predicted octanol–water partition coefficient (Wildman–Crippen LogP) is 3.41. The number of carbonyl (C=O) groups excluding carboxylic acids is 1. The number of hydrogen-bond acceptors (Lipinski definition) is 4. The summed E-state index contributed by atoms with van der Waals surface area (Å²) in [5.41, 5.74) is -1.03. The highest BCUT2D eigenvalue weighted by atomic mass is 19.4. The summed E-state index contributed by atoms with van der Waals surface area (Å²) in [7, 11) is 0. The minimum Gasteiger partial charge on any atom is -0.396 e. The van der Waals surface area contributed by atoms with Gasteiger partial charge in [0.05, 0.1) is 17.2 Å². The third-order valence-corrected chi connectivity index (χ3v) is 6.40. The summed E-state index contributed by atoms with van der Waals surface area (Å²) in [4.78, 5) is 16.0. The Morgan fingerprint density at radius 3 is 2.59 bits per heavy atom. The first-order chi connectivity index (χ1) is 13.7. The van der Waals surface area contributed by atoms with E-state index < -0.39 is 11.7 Å². The first-order valence-corrected chi connectivity index (χ1v) is 9.99. The van der Waals surface area contributed by atoms with Gasteiger partial charge in [-0.1, -0.05) is 6.92 Å². The zero-order valence-corrected chi connectivity index (χ0v) is 16.5. The number of rotatable bonds is 4. The summed E-state index contributed by atoms with van der Waals surface area (Å²) >= 11 is 0. The number of hydrogen-bond donors (Lipinski definition) is 1. The molecule has 8 heteroatoms. The van der Waals surface area contributed by atoms with Crippen LogP contribution in [0.4, 0.5) is 18.9 Å². The average Bonchev–Trinajstić information content (AvgIpc) is 3.06. The minimum atomic E-state index is -4.58. The third-order valence-electron chi connectivity index (χ3n) is 6.40. The van der Waals surface area contributed by atoms with Gasteiger partial charge < -0.3 is 14.9 Å². The van der Waals surface area contributed by atoms with Crippen molar-refractivity contribution in [1.82, 2.24) is 4.90 Å². The normalized spacial score (nSPS) is 21.4. The molecule has 2 aliphatic rings. The molecule has 1 amide bonds. The molecule has 3 rings (SSSR count). The number of alkyl halides is 3. The fourth-order valence-corrected chi connectivity index (χ4v) is 4.68. The van der Waals surface area contributed by atoms with Crippen molar-refractivity contribution in [3.05, 3.63) is 29.3 Å². The van der Waals surface area contributed by atoms with E-state index in [1.54, 1.807) is 12.1 Å². The Kier molecular flexibility index (Phi) is 6.08. The number of aliphatic hydroxyl groups is 1. The largest absolute Gasteiger partial charge is 0.417 e. The number of nitrogens with zero attached hydrogens (tertiary/aromatic N) is 3. The van der Waals surface area contributed by atoms with Crippen molar-refractivity contribution >= 4 is 11.6 Å². The molecule has 29 heavy (non-hydrogen) atoms. The first kappa shape index (κ1) is 21.4. The van der Waals surface area contributed by atoms with Crippen LogP contribution >= 0.6 is 0 Å². The molecule has 0 saturated carbocycles. The van der Waals surface area contributed by atoms with Gasteiger partial charge in [0.15, 0.2) is 0 Å². The predicted molar refractivity (Wildman–Crippen MR) is 102 cm³/mol. The summed E-state index contributed by atoms with van der Waals surface area (Å²) < 4.78 is 39.8. The quantitative estimate of drug-likeness (QED) is 0.828. The van der Waals surface area contributed by atoms with Crippen LogP contribution in [0.25, 0.3) is 0 Å². The first-order valence-electron chi connectivity index (χ1n) is 9.99. The van der Waals surface area contributed by atoms with Crippen LogP contribution < -0.4 is 4.90 Å². The lowest BCUT2D eigenvalue weighted by atomic mass is 9.71. The lowest BCUT2D eigenvalue weighted by Crippen LogP contribution is -2.45. The van der Waals surface area contributed by atoms with Crippen LogP contribution in [0.5, 0.6) is 0 Å². The number of amides is 1. The number of likely N-dealkylation sites (tertiary alicyclic amines) is 1. The smallest absolute Gasteiger partial charge is 0.396 e.